The molecule has 5 rings (SSSR count). The first-order valence-electron chi connectivity index (χ1n) is 10.5. The third-order valence-electron chi connectivity index (χ3n) is 6.16. The maximum Gasteiger partial charge on any atom is 0.244 e. The van der Waals surface area contributed by atoms with E-state index in [1.807, 2.05) is 41.3 Å². The van der Waals surface area contributed by atoms with Gasteiger partial charge in [0, 0.05) is 5.56 Å². The minimum absolute atomic E-state index is 0.141. The van der Waals surface area contributed by atoms with Gasteiger partial charge in [-0.05, 0) is 48.8 Å². The van der Waals surface area contributed by atoms with Crippen molar-refractivity contribution in [3.63, 3.8) is 0 Å². The van der Waals surface area contributed by atoms with Crippen LogP contribution in [0.4, 0.5) is 0 Å². The Morgan fingerprint density at radius 1 is 1.13 bits per heavy atom. The number of fused-ring (bicyclic) bond motifs is 1. The molecule has 3 aromatic rings. The van der Waals surface area contributed by atoms with Crippen LogP contribution >= 0.6 is 23.4 Å². The van der Waals surface area contributed by atoms with Gasteiger partial charge in [-0.3, -0.25) is 9.59 Å². The van der Waals surface area contributed by atoms with E-state index in [4.69, 9.17) is 16.0 Å². The minimum Gasteiger partial charge on any atom is -0.459 e. The molecule has 5 nitrogen and oxygen atoms in total. The first-order chi connectivity index (χ1) is 15.1. The van der Waals surface area contributed by atoms with Crippen LogP contribution in [0.25, 0.3) is 22.1 Å². The van der Waals surface area contributed by atoms with Crippen molar-refractivity contribution in [3.05, 3.63) is 60.4 Å². The molecule has 31 heavy (non-hydrogen) atoms. The lowest BCUT2D eigenvalue weighted by Gasteiger charge is -2.40. The minimum atomic E-state index is -0.719. The molecule has 0 saturated carbocycles. The third kappa shape index (κ3) is 3.67. The van der Waals surface area contributed by atoms with E-state index in [1.54, 1.807) is 0 Å². The number of piperidine rings is 1. The molecule has 2 saturated heterocycles. The van der Waals surface area contributed by atoms with Gasteiger partial charge in [-0.1, -0.05) is 42.5 Å². The molecule has 1 atom stereocenters. The number of halogens is 1. The van der Waals surface area contributed by atoms with Crippen molar-refractivity contribution in [2.24, 2.45) is 0 Å². The van der Waals surface area contributed by atoms with Crippen LogP contribution in [-0.4, -0.2) is 45.7 Å². The molecular weight excluding hydrogens is 432 g/mol. The second kappa shape index (κ2) is 8.34. The van der Waals surface area contributed by atoms with E-state index in [2.05, 4.69) is 23.5 Å². The van der Waals surface area contributed by atoms with Gasteiger partial charge in [0.2, 0.25) is 5.91 Å². The number of benzene rings is 2. The van der Waals surface area contributed by atoms with Crippen molar-refractivity contribution in [1.29, 1.82) is 0 Å². The van der Waals surface area contributed by atoms with Crippen LogP contribution in [0.3, 0.4) is 0 Å². The van der Waals surface area contributed by atoms with E-state index < -0.39 is 5.25 Å². The molecule has 1 spiro atoms. The Morgan fingerprint density at radius 3 is 2.71 bits per heavy atom. The van der Waals surface area contributed by atoms with Crippen molar-refractivity contribution in [2.75, 3.05) is 19.0 Å². The number of nitrogens with one attached hydrogen (secondary N) is 1. The first-order valence-corrected chi connectivity index (χ1v) is 11.9. The quantitative estimate of drug-likeness (QED) is 0.456. The van der Waals surface area contributed by atoms with Crippen molar-refractivity contribution >= 4 is 45.8 Å². The van der Waals surface area contributed by atoms with Crippen LogP contribution in [0.5, 0.6) is 0 Å². The summed E-state index contributed by atoms with van der Waals surface area (Å²) in [5.41, 5.74) is 1.03. The Balaban J connectivity index is 1.45. The summed E-state index contributed by atoms with van der Waals surface area (Å²) in [6, 6.07) is 18.2. The fourth-order valence-corrected chi connectivity index (χ4v) is 6.43. The first kappa shape index (κ1) is 20.6. The average Bonchev–Trinajstić information content (AvgIpc) is 3.38. The van der Waals surface area contributed by atoms with Gasteiger partial charge in [-0.2, -0.15) is 0 Å². The monoisotopic (exact) mass is 454 g/mol. The van der Waals surface area contributed by atoms with Crippen LogP contribution < -0.4 is 5.32 Å². The maximum atomic E-state index is 13.2. The van der Waals surface area contributed by atoms with Crippen molar-refractivity contribution < 1.29 is 14.0 Å². The Morgan fingerprint density at radius 2 is 1.90 bits per heavy atom. The zero-order valence-corrected chi connectivity index (χ0v) is 18.5. The highest BCUT2D eigenvalue weighted by atomic mass is 35.5. The second-order valence-electron chi connectivity index (χ2n) is 8.01. The number of furan rings is 1. The van der Waals surface area contributed by atoms with E-state index in [9.17, 15) is 9.59 Å². The van der Waals surface area contributed by atoms with E-state index in [0.717, 1.165) is 48.0 Å². The number of Topliss-reactive ketones (excluding diaryl/α,β-unsaturated/α-hetero) is 1. The third-order valence-corrected chi connectivity index (χ3v) is 8.19. The smallest absolute Gasteiger partial charge is 0.244 e. The lowest BCUT2D eigenvalue weighted by atomic mass is 10.0. The van der Waals surface area contributed by atoms with Crippen molar-refractivity contribution in [1.82, 2.24) is 10.2 Å². The Bertz CT molecular complexity index is 1130. The summed E-state index contributed by atoms with van der Waals surface area (Å²) in [7, 11) is 0. The van der Waals surface area contributed by atoms with Gasteiger partial charge in [0.15, 0.2) is 5.78 Å². The van der Waals surface area contributed by atoms with Crippen LogP contribution in [0.1, 0.15) is 18.6 Å². The summed E-state index contributed by atoms with van der Waals surface area (Å²) in [6.45, 7) is 1.98. The Hall–Kier alpha value is -2.28. The van der Waals surface area contributed by atoms with Gasteiger partial charge in [0.1, 0.15) is 16.8 Å². The molecule has 1 unspecified atom stereocenters. The van der Waals surface area contributed by atoms with Crippen LogP contribution in [-0.2, 0) is 16.1 Å². The number of thioether (sulfide) groups is 1. The molecule has 1 N–H and O–H groups in total. The summed E-state index contributed by atoms with van der Waals surface area (Å²) in [5.74, 6) is 0.985. The molecule has 1 amide bonds. The zero-order chi connectivity index (χ0) is 21.4. The van der Waals surface area contributed by atoms with Gasteiger partial charge in [0.25, 0.3) is 0 Å². The SMILES string of the molecule is O=C(CCl)C1SC2(CCNCC2)N(Cc2ccc(-c3cccc4ccccc34)o2)C1=O. The van der Waals surface area contributed by atoms with Crippen LogP contribution in [0.15, 0.2) is 59.0 Å². The Kier molecular flexibility index (Phi) is 5.54. The standard InChI is InChI=1S/C24H23ClN2O3S/c25-14-20(28)22-23(29)27(24(31-22)10-12-26-13-11-24)15-17-8-9-21(30-17)19-7-3-5-16-4-1-2-6-18(16)19/h1-9,22,26H,10-15H2. The maximum absolute atomic E-state index is 13.2. The molecule has 2 aliphatic rings. The molecule has 0 bridgehead atoms. The number of carbonyl (C=O) groups is 2. The lowest BCUT2D eigenvalue weighted by molar-refractivity contribution is -0.136. The van der Waals surface area contributed by atoms with Gasteiger partial charge in [-0.25, -0.2) is 0 Å². The van der Waals surface area contributed by atoms with Gasteiger partial charge in [0.05, 0.1) is 17.3 Å². The lowest BCUT2D eigenvalue weighted by Crippen LogP contribution is -2.50. The molecule has 7 heteroatoms. The van der Waals surface area contributed by atoms with E-state index in [-0.39, 0.29) is 22.4 Å². The fraction of sp³-hybridized carbons (Fsp3) is 0.333. The largest absolute Gasteiger partial charge is 0.459 e. The number of amides is 1. The topological polar surface area (TPSA) is 62.6 Å². The summed E-state index contributed by atoms with van der Waals surface area (Å²) in [4.78, 5) is 27.0. The number of hydrogen-bond donors (Lipinski definition) is 1. The number of carbonyl (C=O) groups excluding carboxylic acids is 2. The van der Waals surface area contributed by atoms with Gasteiger partial charge in [-0.15, -0.1) is 23.4 Å². The molecule has 1 aromatic heterocycles. The van der Waals surface area contributed by atoms with Crippen molar-refractivity contribution in [3.8, 4) is 11.3 Å². The molecular formula is C24H23ClN2O3S. The normalized spacial score (nSPS) is 20.6. The zero-order valence-electron chi connectivity index (χ0n) is 17.0. The highest BCUT2D eigenvalue weighted by molar-refractivity contribution is 8.03. The van der Waals surface area contributed by atoms with E-state index >= 15 is 0 Å². The number of rotatable bonds is 5. The molecule has 2 aromatic carbocycles. The number of ketones is 1. The molecule has 2 aliphatic heterocycles. The van der Waals surface area contributed by atoms with E-state index in [0.29, 0.717) is 12.3 Å². The van der Waals surface area contributed by atoms with E-state index in [1.165, 1.54) is 11.8 Å². The van der Waals surface area contributed by atoms with Gasteiger partial charge < -0.3 is 14.6 Å². The average molecular weight is 455 g/mol. The fourth-order valence-electron chi connectivity index (χ4n) is 4.58. The molecule has 0 aliphatic carbocycles. The second-order valence-corrected chi connectivity index (χ2v) is 9.75. The molecule has 2 fully saturated rings. The molecule has 0 radical (unpaired) electrons. The summed E-state index contributed by atoms with van der Waals surface area (Å²) >= 11 is 7.25. The highest BCUT2D eigenvalue weighted by Crippen LogP contribution is 2.48. The number of alkyl halides is 1. The molecule has 3 heterocycles. The van der Waals surface area contributed by atoms with Crippen LogP contribution in [0, 0.1) is 0 Å². The summed E-state index contributed by atoms with van der Waals surface area (Å²) in [6.07, 6.45) is 1.60. The number of nitrogens with zero attached hydrogens (tertiary/aromatic N) is 1. The predicted molar refractivity (Wildman–Crippen MR) is 124 cm³/mol. The highest BCUT2D eigenvalue weighted by Gasteiger charge is 2.54. The summed E-state index contributed by atoms with van der Waals surface area (Å²) < 4.78 is 6.21. The number of hydrogen-bond acceptors (Lipinski definition) is 5. The van der Waals surface area contributed by atoms with Crippen molar-refractivity contribution in [2.45, 2.75) is 29.5 Å². The van der Waals surface area contributed by atoms with Crippen LogP contribution in [0.2, 0.25) is 0 Å². The molecule has 160 valence electrons. The Labute approximate surface area is 190 Å². The summed E-state index contributed by atoms with van der Waals surface area (Å²) in [5, 5.41) is 4.91. The van der Waals surface area contributed by atoms with Gasteiger partial charge >= 0.3 is 0 Å². The predicted octanol–water partition coefficient (Wildman–Crippen LogP) is 4.43.